The maximum atomic E-state index is 5.97. The predicted molar refractivity (Wildman–Crippen MR) is 121 cm³/mol. The number of benzene rings is 2. The van der Waals surface area contributed by atoms with E-state index in [0.29, 0.717) is 24.2 Å². The van der Waals surface area contributed by atoms with Crippen LogP contribution in [0.5, 0.6) is 5.75 Å². The summed E-state index contributed by atoms with van der Waals surface area (Å²) in [5.74, 6) is 1.26. The Hall–Kier alpha value is -2.11. The van der Waals surface area contributed by atoms with Crippen molar-refractivity contribution in [2.75, 3.05) is 27.3 Å². The van der Waals surface area contributed by atoms with Crippen LogP contribution in [0.2, 0.25) is 0 Å². The second kappa shape index (κ2) is 9.36. The largest absolute Gasteiger partial charge is 0.497 e. The van der Waals surface area contributed by atoms with Gasteiger partial charge in [0.25, 0.3) is 0 Å². The zero-order valence-electron chi connectivity index (χ0n) is 18.6. The average Bonchev–Trinajstić information content (AvgIpc) is 2.76. The zero-order chi connectivity index (χ0) is 21.1. The standard InChI is InChI=1S/C25H34N2O3/c1-17-12-23(13-18(2)30-17)27-11-5-6-22(16-27)25(26-29-4)21-8-7-20-15-24(28-3)10-9-19(20)14-21/h7-10,14-15,17-18,22-23H,5-6,11-13,16H2,1-4H3/b26-25-. The van der Waals surface area contributed by atoms with Gasteiger partial charge in [-0.2, -0.15) is 0 Å². The van der Waals surface area contributed by atoms with Gasteiger partial charge >= 0.3 is 0 Å². The van der Waals surface area contributed by atoms with Gasteiger partial charge in [0.15, 0.2) is 0 Å². The molecule has 4 rings (SSSR count). The van der Waals surface area contributed by atoms with Crippen molar-refractivity contribution < 1.29 is 14.3 Å². The van der Waals surface area contributed by atoms with E-state index < -0.39 is 0 Å². The van der Waals surface area contributed by atoms with Crippen LogP contribution in [0, 0.1) is 5.92 Å². The molecule has 30 heavy (non-hydrogen) atoms. The minimum Gasteiger partial charge on any atom is -0.497 e. The van der Waals surface area contributed by atoms with Crippen LogP contribution >= 0.6 is 0 Å². The van der Waals surface area contributed by atoms with Gasteiger partial charge in [0, 0.05) is 24.1 Å². The lowest BCUT2D eigenvalue weighted by atomic mass is 9.86. The lowest BCUT2D eigenvalue weighted by molar-refractivity contribution is -0.0691. The third-order valence-corrected chi connectivity index (χ3v) is 6.56. The lowest BCUT2D eigenvalue weighted by Crippen LogP contribution is -2.49. The molecule has 3 atom stereocenters. The molecule has 2 aliphatic rings. The summed E-state index contributed by atoms with van der Waals surface area (Å²) in [5.41, 5.74) is 2.21. The van der Waals surface area contributed by atoms with Gasteiger partial charge in [0.05, 0.1) is 25.0 Å². The molecule has 0 saturated carbocycles. The molecule has 5 nitrogen and oxygen atoms in total. The number of piperidine rings is 1. The molecule has 2 aromatic carbocycles. The maximum Gasteiger partial charge on any atom is 0.119 e. The Kier molecular flexibility index (Phi) is 6.59. The van der Waals surface area contributed by atoms with Gasteiger partial charge in [-0.25, -0.2) is 0 Å². The number of nitrogens with zero attached hydrogens (tertiary/aromatic N) is 2. The molecule has 2 heterocycles. The third-order valence-electron chi connectivity index (χ3n) is 6.56. The normalized spacial score (nSPS) is 28.5. The van der Waals surface area contributed by atoms with E-state index >= 15 is 0 Å². The minimum absolute atomic E-state index is 0.337. The van der Waals surface area contributed by atoms with Gasteiger partial charge in [-0.15, -0.1) is 0 Å². The number of likely N-dealkylation sites (tertiary alicyclic amines) is 1. The highest BCUT2D eigenvalue weighted by molar-refractivity contribution is 6.04. The number of hydrogen-bond acceptors (Lipinski definition) is 5. The van der Waals surface area contributed by atoms with Crippen molar-refractivity contribution in [3.63, 3.8) is 0 Å². The number of oxime groups is 1. The van der Waals surface area contributed by atoms with Crippen molar-refractivity contribution in [1.29, 1.82) is 0 Å². The molecular weight excluding hydrogens is 376 g/mol. The fourth-order valence-electron chi connectivity index (χ4n) is 5.20. The molecule has 162 valence electrons. The van der Waals surface area contributed by atoms with Gasteiger partial charge in [0.2, 0.25) is 0 Å². The molecule has 5 heteroatoms. The van der Waals surface area contributed by atoms with E-state index in [4.69, 9.17) is 14.3 Å². The minimum atomic E-state index is 0.337. The lowest BCUT2D eigenvalue weighted by Gasteiger charge is -2.43. The molecule has 2 aromatic rings. The summed E-state index contributed by atoms with van der Waals surface area (Å²) < 4.78 is 11.3. The Bertz CT molecular complexity index is 887. The van der Waals surface area contributed by atoms with Gasteiger partial charge < -0.3 is 14.3 Å². The molecule has 2 fully saturated rings. The fourth-order valence-corrected chi connectivity index (χ4v) is 5.20. The first-order valence-electron chi connectivity index (χ1n) is 11.2. The summed E-state index contributed by atoms with van der Waals surface area (Å²) in [6.07, 6.45) is 5.25. The SMILES string of the molecule is CO/N=C(/c1ccc2cc(OC)ccc2c1)C1CCCN(C2CC(C)OC(C)C2)C1. The van der Waals surface area contributed by atoms with Crippen LogP contribution in [0.4, 0.5) is 0 Å². The van der Waals surface area contributed by atoms with Crippen molar-refractivity contribution in [3.05, 3.63) is 42.0 Å². The summed E-state index contributed by atoms with van der Waals surface area (Å²) in [4.78, 5) is 7.97. The maximum absolute atomic E-state index is 5.97. The molecule has 0 amide bonds. The molecule has 3 unspecified atom stereocenters. The molecule has 0 N–H and O–H groups in total. The average molecular weight is 411 g/mol. The van der Waals surface area contributed by atoms with E-state index in [9.17, 15) is 0 Å². The zero-order valence-corrected chi connectivity index (χ0v) is 18.6. The van der Waals surface area contributed by atoms with E-state index in [-0.39, 0.29) is 0 Å². The summed E-state index contributed by atoms with van der Waals surface area (Å²) in [7, 11) is 3.35. The number of fused-ring (bicyclic) bond motifs is 1. The number of rotatable bonds is 5. The van der Waals surface area contributed by atoms with E-state index in [1.54, 1.807) is 14.2 Å². The van der Waals surface area contributed by atoms with Gasteiger partial charge in [-0.1, -0.05) is 23.4 Å². The predicted octanol–water partition coefficient (Wildman–Crippen LogP) is 4.87. The molecule has 0 radical (unpaired) electrons. The molecule has 2 saturated heterocycles. The Morgan fingerprint density at radius 3 is 2.50 bits per heavy atom. The van der Waals surface area contributed by atoms with Gasteiger partial charge in [0.1, 0.15) is 12.9 Å². The van der Waals surface area contributed by atoms with Crippen molar-refractivity contribution >= 4 is 16.5 Å². The quantitative estimate of drug-likeness (QED) is 0.521. The van der Waals surface area contributed by atoms with Gasteiger partial charge in [-0.05, 0) is 75.0 Å². The smallest absolute Gasteiger partial charge is 0.119 e. The van der Waals surface area contributed by atoms with Crippen molar-refractivity contribution in [1.82, 2.24) is 4.90 Å². The van der Waals surface area contributed by atoms with Crippen LogP contribution in [-0.2, 0) is 9.57 Å². The first-order valence-corrected chi connectivity index (χ1v) is 11.2. The third kappa shape index (κ3) is 4.62. The van der Waals surface area contributed by atoms with Crippen LogP contribution < -0.4 is 4.74 Å². The number of methoxy groups -OCH3 is 1. The Labute approximate surface area is 180 Å². The first-order chi connectivity index (χ1) is 14.6. The number of ether oxygens (including phenoxy) is 2. The Balaban J connectivity index is 1.56. The summed E-state index contributed by atoms with van der Waals surface area (Å²) in [6, 6.07) is 13.3. The van der Waals surface area contributed by atoms with Crippen molar-refractivity contribution in [3.8, 4) is 5.75 Å². The van der Waals surface area contributed by atoms with E-state index in [1.807, 2.05) is 6.07 Å². The molecule has 0 spiro atoms. The number of hydrogen-bond donors (Lipinski definition) is 0. The van der Waals surface area contributed by atoms with Crippen LogP contribution in [0.25, 0.3) is 10.8 Å². The summed E-state index contributed by atoms with van der Waals surface area (Å²) in [5, 5.41) is 6.87. The van der Waals surface area contributed by atoms with Crippen molar-refractivity contribution in [2.24, 2.45) is 11.1 Å². The Morgan fingerprint density at radius 2 is 1.77 bits per heavy atom. The molecular formula is C25H34N2O3. The van der Waals surface area contributed by atoms with Crippen LogP contribution in [0.15, 0.2) is 41.6 Å². The second-order valence-electron chi connectivity index (χ2n) is 8.80. The van der Waals surface area contributed by atoms with E-state index in [0.717, 1.165) is 42.8 Å². The fraction of sp³-hybridized carbons (Fsp3) is 0.560. The van der Waals surface area contributed by atoms with Crippen LogP contribution in [-0.4, -0.2) is 56.2 Å². The highest BCUT2D eigenvalue weighted by atomic mass is 16.6. The monoisotopic (exact) mass is 410 g/mol. The molecule has 2 aliphatic heterocycles. The highest BCUT2D eigenvalue weighted by Crippen LogP contribution is 2.30. The topological polar surface area (TPSA) is 43.3 Å². The van der Waals surface area contributed by atoms with Crippen LogP contribution in [0.1, 0.15) is 45.1 Å². The van der Waals surface area contributed by atoms with Crippen LogP contribution in [0.3, 0.4) is 0 Å². The van der Waals surface area contributed by atoms with Gasteiger partial charge in [-0.3, -0.25) is 4.90 Å². The summed E-state index contributed by atoms with van der Waals surface area (Å²) >= 11 is 0. The van der Waals surface area contributed by atoms with Crippen molar-refractivity contribution in [2.45, 2.75) is 57.8 Å². The molecule has 0 aliphatic carbocycles. The molecule has 0 aromatic heterocycles. The van der Waals surface area contributed by atoms with E-state index in [1.165, 1.54) is 23.7 Å². The first kappa shape index (κ1) is 21.1. The summed E-state index contributed by atoms with van der Waals surface area (Å²) in [6.45, 7) is 6.60. The Morgan fingerprint density at radius 1 is 1.03 bits per heavy atom. The second-order valence-corrected chi connectivity index (χ2v) is 8.80. The molecule has 0 bridgehead atoms. The highest BCUT2D eigenvalue weighted by Gasteiger charge is 2.33. The van der Waals surface area contributed by atoms with E-state index in [2.05, 4.69) is 54.2 Å².